The third kappa shape index (κ3) is 3.49. The Labute approximate surface area is 143 Å². The monoisotopic (exact) mass is 342 g/mol. The number of rotatable bonds is 3. The topological polar surface area (TPSA) is 34.4 Å². The van der Waals surface area contributed by atoms with E-state index in [-0.39, 0.29) is 5.56 Å². The van der Waals surface area contributed by atoms with Crippen molar-refractivity contribution in [3.63, 3.8) is 0 Å². The Morgan fingerprint density at radius 2 is 1.96 bits per heavy atom. The second kappa shape index (κ2) is 6.60. The molecule has 116 valence electrons. The summed E-state index contributed by atoms with van der Waals surface area (Å²) in [5.74, 6) is 0. The predicted octanol–water partition coefficient (Wildman–Crippen LogP) is 4.46. The van der Waals surface area contributed by atoms with Crippen molar-refractivity contribution in [1.82, 2.24) is 9.38 Å². The molecule has 0 bridgehead atoms. The second-order valence-corrected chi connectivity index (χ2v) is 6.47. The van der Waals surface area contributed by atoms with E-state index in [0.29, 0.717) is 16.4 Å². The normalized spacial score (nSPS) is 11.9. The maximum Gasteiger partial charge on any atom is 0.258 e. The van der Waals surface area contributed by atoms with Crippen molar-refractivity contribution in [2.24, 2.45) is 0 Å². The molecule has 0 atom stereocenters. The fraction of sp³-hybridized carbons (Fsp3) is 0.111. The molecule has 0 unspecified atom stereocenters. The summed E-state index contributed by atoms with van der Waals surface area (Å²) < 4.78 is 1.52. The van der Waals surface area contributed by atoms with Crippen LogP contribution >= 0.6 is 23.4 Å². The van der Waals surface area contributed by atoms with Gasteiger partial charge in [0.2, 0.25) is 0 Å². The smallest absolute Gasteiger partial charge is 0.258 e. The molecule has 0 aliphatic heterocycles. The summed E-state index contributed by atoms with van der Waals surface area (Å²) in [5, 5.41) is 0.446. The lowest BCUT2D eigenvalue weighted by molar-refractivity contribution is 1.02. The van der Waals surface area contributed by atoms with Crippen LogP contribution < -0.4 is 5.56 Å². The number of thioether (sulfide) groups is 1. The summed E-state index contributed by atoms with van der Waals surface area (Å²) in [6.45, 7) is 1.94. The fourth-order valence-corrected chi connectivity index (χ4v) is 2.88. The Hall–Kier alpha value is -2.04. The average molecular weight is 343 g/mol. The number of hydrogen-bond acceptors (Lipinski definition) is 3. The Morgan fingerprint density at radius 3 is 2.65 bits per heavy atom. The minimum Gasteiger partial charge on any atom is -0.269 e. The third-order valence-corrected chi connectivity index (χ3v) is 4.51. The number of benzene rings is 1. The van der Waals surface area contributed by atoms with Crippen LogP contribution in [0.3, 0.4) is 0 Å². The molecule has 0 spiro atoms. The number of aryl methyl sites for hydroxylation is 1. The van der Waals surface area contributed by atoms with Crippen LogP contribution in [0, 0.1) is 6.92 Å². The van der Waals surface area contributed by atoms with Crippen LogP contribution in [0.1, 0.15) is 16.8 Å². The summed E-state index contributed by atoms with van der Waals surface area (Å²) >= 11 is 8.05. The van der Waals surface area contributed by atoms with E-state index in [1.165, 1.54) is 15.4 Å². The van der Waals surface area contributed by atoms with Crippen molar-refractivity contribution >= 4 is 40.1 Å². The zero-order chi connectivity index (χ0) is 16.4. The summed E-state index contributed by atoms with van der Waals surface area (Å²) in [5.41, 5.74) is 2.90. The van der Waals surface area contributed by atoms with Crippen molar-refractivity contribution in [2.45, 2.75) is 11.8 Å². The predicted molar refractivity (Wildman–Crippen MR) is 98.1 cm³/mol. The molecule has 0 aliphatic rings. The van der Waals surface area contributed by atoms with Gasteiger partial charge in [-0.15, -0.1) is 11.8 Å². The molecule has 3 rings (SSSR count). The van der Waals surface area contributed by atoms with E-state index >= 15 is 0 Å². The largest absolute Gasteiger partial charge is 0.269 e. The first-order valence-electron chi connectivity index (χ1n) is 7.08. The molecule has 0 amide bonds. The van der Waals surface area contributed by atoms with E-state index in [2.05, 4.69) is 4.98 Å². The van der Waals surface area contributed by atoms with E-state index < -0.39 is 0 Å². The van der Waals surface area contributed by atoms with Gasteiger partial charge in [0.05, 0.1) is 10.7 Å². The molecule has 5 heteroatoms. The first-order valence-corrected chi connectivity index (χ1v) is 8.69. The molecule has 23 heavy (non-hydrogen) atoms. The minimum atomic E-state index is -0.141. The van der Waals surface area contributed by atoms with Crippen molar-refractivity contribution in [3.8, 4) is 0 Å². The van der Waals surface area contributed by atoms with Gasteiger partial charge in [-0.1, -0.05) is 29.8 Å². The molecule has 0 radical (unpaired) electrons. The van der Waals surface area contributed by atoms with Crippen LogP contribution in [0.2, 0.25) is 0 Å². The molecule has 0 N–H and O–H groups in total. The van der Waals surface area contributed by atoms with E-state index in [1.54, 1.807) is 18.0 Å². The van der Waals surface area contributed by atoms with Gasteiger partial charge in [-0.05, 0) is 48.6 Å². The molecule has 2 aromatic heterocycles. The van der Waals surface area contributed by atoms with E-state index in [9.17, 15) is 4.79 Å². The molecule has 0 saturated heterocycles. The second-order valence-electron chi connectivity index (χ2n) is 5.18. The number of pyridine rings is 1. The van der Waals surface area contributed by atoms with Gasteiger partial charge >= 0.3 is 0 Å². The van der Waals surface area contributed by atoms with E-state index in [0.717, 1.165) is 11.1 Å². The van der Waals surface area contributed by atoms with Crippen LogP contribution in [-0.2, 0) is 0 Å². The molecule has 0 aliphatic carbocycles. The van der Waals surface area contributed by atoms with Gasteiger partial charge in [-0.3, -0.25) is 9.20 Å². The molecule has 3 aromatic rings. The third-order valence-electron chi connectivity index (χ3n) is 3.46. The van der Waals surface area contributed by atoms with E-state index in [1.807, 2.05) is 55.7 Å². The maximum absolute atomic E-state index is 12.2. The summed E-state index contributed by atoms with van der Waals surface area (Å²) in [6, 6.07) is 13.2. The number of aromatic nitrogens is 2. The van der Waals surface area contributed by atoms with Crippen molar-refractivity contribution in [2.75, 3.05) is 6.26 Å². The van der Waals surface area contributed by atoms with Gasteiger partial charge in [-0.25, -0.2) is 4.98 Å². The first kappa shape index (κ1) is 15.8. The quantitative estimate of drug-likeness (QED) is 0.659. The summed E-state index contributed by atoms with van der Waals surface area (Å²) in [4.78, 5) is 17.9. The lowest BCUT2D eigenvalue weighted by Crippen LogP contribution is -2.15. The molecule has 1 aromatic carbocycles. The van der Waals surface area contributed by atoms with Gasteiger partial charge in [-0.2, -0.15) is 0 Å². The number of hydrogen-bond donors (Lipinski definition) is 0. The number of fused-ring (bicyclic) bond motifs is 1. The highest BCUT2D eigenvalue weighted by Gasteiger charge is 2.06. The van der Waals surface area contributed by atoms with Crippen molar-refractivity contribution in [1.29, 1.82) is 0 Å². The molecule has 3 nitrogen and oxygen atoms in total. The van der Waals surface area contributed by atoms with Crippen LogP contribution in [0.25, 0.3) is 16.8 Å². The fourth-order valence-electron chi connectivity index (χ4n) is 2.25. The lowest BCUT2D eigenvalue weighted by Gasteiger charge is -2.05. The van der Waals surface area contributed by atoms with Gasteiger partial charge in [0.1, 0.15) is 5.65 Å². The van der Waals surface area contributed by atoms with Crippen molar-refractivity contribution in [3.05, 3.63) is 75.8 Å². The zero-order valence-corrected chi connectivity index (χ0v) is 14.4. The SMILES string of the molecule is CSc1ccc(/C=C(\Cl)c2cc(=O)n3cc(C)ccc3n2)cc1. The Bertz CT molecular complexity index is 945. The highest BCUT2D eigenvalue weighted by Crippen LogP contribution is 2.22. The van der Waals surface area contributed by atoms with Crippen LogP contribution in [0.4, 0.5) is 0 Å². The minimum absolute atomic E-state index is 0.141. The highest BCUT2D eigenvalue weighted by atomic mass is 35.5. The number of halogens is 1. The van der Waals surface area contributed by atoms with Gasteiger partial charge in [0.15, 0.2) is 0 Å². The Balaban J connectivity index is 2.02. The number of nitrogens with zero attached hydrogens (tertiary/aromatic N) is 2. The molecular formula is C18H15ClN2OS. The van der Waals surface area contributed by atoms with Gasteiger partial charge in [0, 0.05) is 17.2 Å². The zero-order valence-electron chi connectivity index (χ0n) is 12.8. The lowest BCUT2D eigenvalue weighted by atomic mass is 10.2. The van der Waals surface area contributed by atoms with Gasteiger partial charge in [0.25, 0.3) is 5.56 Å². The standard InChI is InChI=1S/C18H15ClN2OS/c1-12-3-8-17-20-16(10-18(22)21(17)11-12)15(19)9-13-4-6-14(23-2)7-5-13/h3-11H,1-2H3/b15-9-. The van der Waals surface area contributed by atoms with Crippen LogP contribution in [0.5, 0.6) is 0 Å². The molecule has 0 fully saturated rings. The summed E-state index contributed by atoms with van der Waals surface area (Å²) in [7, 11) is 0. The highest BCUT2D eigenvalue weighted by molar-refractivity contribution is 7.98. The Kier molecular flexibility index (Phi) is 4.55. The average Bonchev–Trinajstić information content (AvgIpc) is 2.56. The molecule has 2 heterocycles. The maximum atomic E-state index is 12.2. The van der Waals surface area contributed by atoms with Crippen LogP contribution in [0.15, 0.2) is 58.4 Å². The van der Waals surface area contributed by atoms with Crippen LogP contribution in [-0.4, -0.2) is 15.6 Å². The first-order chi connectivity index (χ1) is 11.1. The van der Waals surface area contributed by atoms with Gasteiger partial charge < -0.3 is 0 Å². The Morgan fingerprint density at radius 1 is 1.22 bits per heavy atom. The molecule has 0 saturated carbocycles. The summed E-state index contributed by atoms with van der Waals surface area (Å²) in [6.07, 6.45) is 5.62. The van der Waals surface area contributed by atoms with E-state index in [4.69, 9.17) is 11.6 Å². The van der Waals surface area contributed by atoms with Crippen molar-refractivity contribution < 1.29 is 0 Å². The molecular weight excluding hydrogens is 328 g/mol.